The fourth-order valence-corrected chi connectivity index (χ4v) is 1.46. The van der Waals surface area contributed by atoms with Gasteiger partial charge in [-0.15, -0.1) is 0 Å². The first-order chi connectivity index (χ1) is 8.15. The van der Waals surface area contributed by atoms with E-state index in [1.807, 2.05) is 0 Å². The average molecular weight is 238 g/mol. The summed E-state index contributed by atoms with van der Waals surface area (Å²) in [5.41, 5.74) is 6.74. The number of anilines is 2. The number of carboxylic acids is 1. The Bertz CT molecular complexity index is 380. The van der Waals surface area contributed by atoms with Gasteiger partial charge < -0.3 is 20.9 Å². The summed E-state index contributed by atoms with van der Waals surface area (Å²) in [5, 5.41) is 12.1. The number of rotatable bonds is 7. The summed E-state index contributed by atoms with van der Waals surface area (Å²) < 4.78 is 4.94. The van der Waals surface area contributed by atoms with Gasteiger partial charge in [-0.2, -0.15) is 0 Å². The molecule has 17 heavy (non-hydrogen) atoms. The van der Waals surface area contributed by atoms with Crippen LogP contribution in [-0.4, -0.2) is 31.3 Å². The van der Waals surface area contributed by atoms with Crippen LogP contribution in [-0.2, 0) is 4.74 Å². The van der Waals surface area contributed by atoms with E-state index in [-0.39, 0.29) is 11.3 Å². The molecule has 0 amide bonds. The van der Waals surface area contributed by atoms with Gasteiger partial charge in [0.25, 0.3) is 0 Å². The van der Waals surface area contributed by atoms with Crippen molar-refractivity contribution >= 4 is 17.3 Å². The molecule has 0 aliphatic rings. The number of methoxy groups -OCH3 is 1. The zero-order valence-electron chi connectivity index (χ0n) is 9.90. The molecule has 0 bridgehead atoms. The van der Waals surface area contributed by atoms with Gasteiger partial charge in [0.05, 0.1) is 5.56 Å². The number of nitrogens with two attached hydrogens (primary N) is 1. The number of hydrogen-bond acceptors (Lipinski definition) is 4. The third-order valence-corrected chi connectivity index (χ3v) is 2.39. The maximum atomic E-state index is 10.9. The van der Waals surface area contributed by atoms with Crippen molar-refractivity contribution in [2.75, 3.05) is 31.3 Å². The van der Waals surface area contributed by atoms with Crippen LogP contribution in [0.3, 0.4) is 0 Å². The highest BCUT2D eigenvalue weighted by molar-refractivity contribution is 5.94. The molecule has 0 radical (unpaired) electrons. The Hall–Kier alpha value is -1.75. The second kappa shape index (κ2) is 6.75. The van der Waals surface area contributed by atoms with E-state index in [1.54, 1.807) is 25.3 Å². The van der Waals surface area contributed by atoms with E-state index in [0.717, 1.165) is 31.7 Å². The van der Waals surface area contributed by atoms with Crippen LogP contribution in [0.4, 0.5) is 11.4 Å². The summed E-state index contributed by atoms with van der Waals surface area (Å²) in [5.74, 6) is -1.01. The number of nitrogen functional groups attached to an aromatic ring is 1. The Morgan fingerprint density at radius 1 is 1.47 bits per heavy atom. The first-order valence-corrected chi connectivity index (χ1v) is 5.50. The summed E-state index contributed by atoms with van der Waals surface area (Å²) in [7, 11) is 1.67. The van der Waals surface area contributed by atoms with Gasteiger partial charge in [0.2, 0.25) is 0 Å². The quantitative estimate of drug-likeness (QED) is 0.498. The monoisotopic (exact) mass is 238 g/mol. The fourth-order valence-electron chi connectivity index (χ4n) is 1.46. The first-order valence-electron chi connectivity index (χ1n) is 5.50. The Morgan fingerprint density at radius 3 is 2.88 bits per heavy atom. The van der Waals surface area contributed by atoms with Crippen molar-refractivity contribution in [3.8, 4) is 0 Å². The SMILES string of the molecule is COCCCCNc1ccc(N)c(C(=O)O)c1. The van der Waals surface area contributed by atoms with E-state index in [4.69, 9.17) is 15.6 Å². The molecule has 94 valence electrons. The van der Waals surface area contributed by atoms with Crippen molar-refractivity contribution in [2.45, 2.75) is 12.8 Å². The highest BCUT2D eigenvalue weighted by Crippen LogP contribution is 2.17. The number of carboxylic acid groups (broad SMARTS) is 1. The van der Waals surface area contributed by atoms with Crippen molar-refractivity contribution < 1.29 is 14.6 Å². The highest BCUT2D eigenvalue weighted by atomic mass is 16.5. The van der Waals surface area contributed by atoms with E-state index < -0.39 is 5.97 Å². The fraction of sp³-hybridized carbons (Fsp3) is 0.417. The van der Waals surface area contributed by atoms with Crippen molar-refractivity contribution in [3.63, 3.8) is 0 Å². The van der Waals surface area contributed by atoms with Gasteiger partial charge in [-0.1, -0.05) is 0 Å². The molecular weight excluding hydrogens is 220 g/mol. The normalized spacial score (nSPS) is 10.2. The Labute approximate surface area is 101 Å². The summed E-state index contributed by atoms with van der Waals surface area (Å²) in [4.78, 5) is 10.9. The molecule has 5 nitrogen and oxygen atoms in total. The number of hydrogen-bond donors (Lipinski definition) is 3. The van der Waals surface area contributed by atoms with Crippen LogP contribution in [0.2, 0.25) is 0 Å². The van der Waals surface area contributed by atoms with Gasteiger partial charge in [-0.3, -0.25) is 0 Å². The predicted octanol–water partition coefficient (Wildman–Crippen LogP) is 1.81. The van der Waals surface area contributed by atoms with E-state index >= 15 is 0 Å². The largest absolute Gasteiger partial charge is 0.478 e. The number of aromatic carboxylic acids is 1. The minimum Gasteiger partial charge on any atom is -0.478 e. The van der Waals surface area contributed by atoms with Gasteiger partial charge in [-0.05, 0) is 31.0 Å². The maximum absolute atomic E-state index is 10.9. The second-order valence-electron chi connectivity index (χ2n) is 3.73. The van der Waals surface area contributed by atoms with Crippen molar-refractivity contribution in [2.24, 2.45) is 0 Å². The van der Waals surface area contributed by atoms with Crippen LogP contribution >= 0.6 is 0 Å². The highest BCUT2D eigenvalue weighted by Gasteiger charge is 2.07. The molecule has 1 aromatic rings. The standard InChI is InChI=1S/C12H18N2O3/c1-17-7-3-2-6-14-9-4-5-11(13)10(8-9)12(15)16/h4-5,8,14H,2-3,6-7,13H2,1H3,(H,15,16). The van der Waals surface area contributed by atoms with Gasteiger partial charge >= 0.3 is 5.97 Å². The lowest BCUT2D eigenvalue weighted by Gasteiger charge is -2.08. The van der Waals surface area contributed by atoms with Crippen molar-refractivity contribution in [1.29, 1.82) is 0 Å². The third kappa shape index (κ3) is 4.32. The molecule has 0 fully saturated rings. The molecule has 0 heterocycles. The topological polar surface area (TPSA) is 84.6 Å². The lowest BCUT2D eigenvalue weighted by Crippen LogP contribution is -2.06. The molecular formula is C12H18N2O3. The lowest BCUT2D eigenvalue weighted by atomic mass is 10.1. The van der Waals surface area contributed by atoms with Crippen LogP contribution in [0.1, 0.15) is 23.2 Å². The Kier molecular flexibility index (Phi) is 5.29. The van der Waals surface area contributed by atoms with E-state index in [2.05, 4.69) is 5.32 Å². The molecule has 1 rings (SSSR count). The number of benzene rings is 1. The van der Waals surface area contributed by atoms with E-state index in [0.29, 0.717) is 0 Å². The molecule has 0 saturated carbocycles. The summed E-state index contributed by atoms with van der Waals surface area (Å²) in [6.45, 7) is 1.52. The van der Waals surface area contributed by atoms with Crippen molar-refractivity contribution in [3.05, 3.63) is 23.8 Å². The Morgan fingerprint density at radius 2 is 2.24 bits per heavy atom. The number of carbonyl (C=O) groups is 1. The number of nitrogens with one attached hydrogen (secondary N) is 1. The predicted molar refractivity (Wildman–Crippen MR) is 67.4 cm³/mol. The molecule has 4 N–H and O–H groups in total. The Balaban J connectivity index is 2.49. The molecule has 5 heteroatoms. The minimum absolute atomic E-state index is 0.131. The average Bonchev–Trinajstić information content (AvgIpc) is 2.30. The summed E-state index contributed by atoms with van der Waals surface area (Å²) in [6.07, 6.45) is 1.95. The second-order valence-corrected chi connectivity index (χ2v) is 3.73. The zero-order chi connectivity index (χ0) is 12.7. The lowest BCUT2D eigenvalue weighted by molar-refractivity contribution is 0.0698. The van der Waals surface area contributed by atoms with Crippen LogP contribution in [0, 0.1) is 0 Å². The minimum atomic E-state index is -1.01. The van der Waals surface area contributed by atoms with Crippen LogP contribution in [0.15, 0.2) is 18.2 Å². The van der Waals surface area contributed by atoms with Gasteiger partial charge in [0.15, 0.2) is 0 Å². The number of unbranched alkanes of at least 4 members (excludes halogenated alkanes) is 1. The molecule has 1 aromatic carbocycles. The maximum Gasteiger partial charge on any atom is 0.337 e. The molecule has 0 spiro atoms. The van der Waals surface area contributed by atoms with E-state index in [9.17, 15) is 4.79 Å². The summed E-state index contributed by atoms with van der Waals surface area (Å²) >= 11 is 0. The van der Waals surface area contributed by atoms with Crippen molar-refractivity contribution in [1.82, 2.24) is 0 Å². The summed E-state index contributed by atoms with van der Waals surface area (Å²) in [6, 6.07) is 4.92. The van der Waals surface area contributed by atoms with Crippen LogP contribution in [0.25, 0.3) is 0 Å². The van der Waals surface area contributed by atoms with Crippen LogP contribution in [0.5, 0.6) is 0 Å². The molecule has 0 aromatic heterocycles. The molecule has 0 aliphatic carbocycles. The molecule has 0 atom stereocenters. The van der Waals surface area contributed by atoms with Gasteiger partial charge in [0, 0.05) is 31.6 Å². The molecule has 0 unspecified atom stereocenters. The van der Waals surface area contributed by atoms with E-state index in [1.165, 1.54) is 0 Å². The van der Waals surface area contributed by atoms with Gasteiger partial charge in [0.1, 0.15) is 0 Å². The number of ether oxygens (including phenoxy) is 1. The van der Waals surface area contributed by atoms with Gasteiger partial charge in [-0.25, -0.2) is 4.79 Å². The smallest absolute Gasteiger partial charge is 0.337 e. The van der Waals surface area contributed by atoms with Crippen LogP contribution < -0.4 is 11.1 Å². The molecule has 0 aliphatic heterocycles. The zero-order valence-corrected chi connectivity index (χ0v) is 9.90. The molecule has 0 saturated heterocycles. The first kappa shape index (κ1) is 13.3. The third-order valence-electron chi connectivity index (χ3n) is 2.39.